The molecule has 2 aromatic carbocycles. The van der Waals surface area contributed by atoms with Crippen LogP contribution in [0.2, 0.25) is 0 Å². The number of carbonyl (C=O) groups excluding carboxylic acids is 2. The maximum Gasteiger partial charge on any atom is 0.255 e. The Kier molecular flexibility index (Phi) is 6.54. The number of methoxy groups -OCH3 is 1. The molecular weight excluding hydrogens is 370 g/mol. The Morgan fingerprint density at radius 3 is 2.33 bits per heavy atom. The second-order valence-electron chi connectivity index (χ2n) is 5.66. The fourth-order valence-electron chi connectivity index (χ4n) is 2.41. The van der Waals surface area contributed by atoms with E-state index in [1.165, 1.54) is 25.3 Å². The maximum atomic E-state index is 12.5. The monoisotopic (exact) mass is 391 g/mol. The number of hydrogen-bond donors (Lipinski definition) is 3. The number of sulfonamides is 1. The first-order valence-corrected chi connectivity index (χ1v) is 9.61. The summed E-state index contributed by atoms with van der Waals surface area (Å²) >= 11 is 0. The van der Waals surface area contributed by atoms with E-state index < -0.39 is 21.8 Å². The van der Waals surface area contributed by atoms with Crippen LogP contribution in [0.15, 0.2) is 47.4 Å². The van der Waals surface area contributed by atoms with Gasteiger partial charge in [-0.2, -0.15) is 0 Å². The quantitative estimate of drug-likeness (QED) is 0.624. The van der Waals surface area contributed by atoms with Crippen LogP contribution in [0.3, 0.4) is 0 Å². The number of ether oxygens (including phenoxy) is 1. The highest BCUT2D eigenvalue weighted by molar-refractivity contribution is 7.89. The average molecular weight is 391 g/mol. The first-order chi connectivity index (χ1) is 12.8. The van der Waals surface area contributed by atoms with Gasteiger partial charge in [0.1, 0.15) is 10.6 Å². The Morgan fingerprint density at radius 1 is 1.11 bits per heavy atom. The van der Waals surface area contributed by atoms with Crippen molar-refractivity contribution in [2.24, 2.45) is 5.73 Å². The Balaban J connectivity index is 2.25. The van der Waals surface area contributed by atoms with Crippen molar-refractivity contribution in [2.75, 3.05) is 19.0 Å². The fourth-order valence-corrected chi connectivity index (χ4v) is 3.64. The highest BCUT2D eigenvalue weighted by atomic mass is 32.2. The Labute approximate surface area is 157 Å². The van der Waals surface area contributed by atoms with Crippen LogP contribution in [0, 0.1) is 0 Å². The summed E-state index contributed by atoms with van der Waals surface area (Å²) < 4.78 is 32.1. The van der Waals surface area contributed by atoms with Crippen LogP contribution in [0.5, 0.6) is 5.75 Å². The number of rotatable bonds is 8. The van der Waals surface area contributed by atoms with Gasteiger partial charge in [-0.25, -0.2) is 13.1 Å². The molecule has 0 aliphatic carbocycles. The van der Waals surface area contributed by atoms with Gasteiger partial charge in [0.05, 0.1) is 13.5 Å². The van der Waals surface area contributed by atoms with Crippen LogP contribution in [0.25, 0.3) is 0 Å². The number of nitrogens with two attached hydrogens (primary N) is 1. The van der Waals surface area contributed by atoms with Crippen molar-refractivity contribution in [3.05, 3.63) is 53.6 Å². The zero-order valence-corrected chi connectivity index (χ0v) is 15.8. The summed E-state index contributed by atoms with van der Waals surface area (Å²) in [5.74, 6) is -0.781. The summed E-state index contributed by atoms with van der Waals surface area (Å²) in [7, 11) is -2.44. The largest absolute Gasteiger partial charge is 0.495 e. The SMILES string of the molecule is CCNS(=O)(=O)c1cc(C(=O)Nc2ccc(CC(N)=O)cc2)ccc1OC. The highest BCUT2D eigenvalue weighted by Crippen LogP contribution is 2.25. The number of nitrogens with one attached hydrogen (secondary N) is 2. The molecule has 0 aliphatic heterocycles. The smallest absolute Gasteiger partial charge is 0.255 e. The molecule has 0 bridgehead atoms. The highest BCUT2D eigenvalue weighted by Gasteiger charge is 2.21. The van der Waals surface area contributed by atoms with Crippen LogP contribution in [0.4, 0.5) is 5.69 Å². The molecule has 0 saturated heterocycles. The van der Waals surface area contributed by atoms with E-state index in [1.807, 2.05) is 0 Å². The molecule has 0 heterocycles. The molecule has 0 spiro atoms. The molecule has 2 amide bonds. The molecular formula is C18H21N3O5S. The fraction of sp³-hybridized carbons (Fsp3) is 0.222. The summed E-state index contributed by atoms with van der Waals surface area (Å²) in [6.07, 6.45) is 0.109. The third kappa shape index (κ3) is 5.28. The molecule has 2 rings (SSSR count). The van der Waals surface area contributed by atoms with E-state index in [4.69, 9.17) is 10.5 Å². The van der Waals surface area contributed by atoms with Gasteiger partial charge in [0.15, 0.2) is 0 Å². The van der Waals surface area contributed by atoms with Crippen molar-refractivity contribution in [3.8, 4) is 5.75 Å². The summed E-state index contributed by atoms with van der Waals surface area (Å²) in [4.78, 5) is 23.3. The van der Waals surface area contributed by atoms with Crippen molar-refractivity contribution in [1.29, 1.82) is 0 Å². The lowest BCUT2D eigenvalue weighted by Gasteiger charge is -2.12. The van der Waals surface area contributed by atoms with Gasteiger partial charge in [0.25, 0.3) is 5.91 Å². The van der Waals surface area contributed by atoms with Gasteiger partial charge in [0.2, 0.25) is 15.9 Å². The molecule has 0 saturated carbocycles. The van der Waals surface area contributed by atoms with Gasteiger partial charge in [-0.1, -0.05) is 19.1 Å². The molecule has 9 heteroatoms. The number of anilines is 1. The minimum atomic E-state index is -3.80. The molecule has 0 unspecified atom stereocenters. The van der Waals surface area contributed by atoms with Crippen molar-refractivity contribution in [2.45, 2.75) is 18.2 Å². The van der Waals surface area contributed by atoms with Gasteiger partial charge >= 0.3 is 0 Å². The number of benzene rings is 2. The molecule has 2 aromatic rings. The molecule has 0 atom stereocenters. The predicted octanol–water partition coefficient (Wildman–Crippen LogP) is 1.27. The van der Waals surface area contributed by atoms with E-state index in [9.17, 15) is 18.0 Å². The van der Waals surface area contributed by atoms with Gasteiger partial charge < -0.3 is 15.8 Å². The second-order valence-corrected chi connectivity index (χ2v) is 7.40. The molecule has 0 fully saturated rings. The summed E-state index contributed by atoms with van der Waals surface area (Å²) in [6.45, 7) is 1.86. The Bertz CT molecular complexity index is 940. The lowest BCUT2D eigenvalue weighted by Crippen LogP contribution is -2.24. The Hall–Kier alpha value is -2.91. The third-order valence-corrected chi connectivity index (χ3v) is 5.21. The number of amides is 2. The van der Waals surface area contributed by atoms with Crippen LogP contribution >= 0.6 is 0 Å². The zero-order valence-electron chi connectivity index (χ0n) is 15.0. The normalized spacial score (nSPS) is 11.0. The lowest BCUT2D eigenvalue weighted by molar-refractivity contribution is -0.117. The number of carbonyl (C=O) groups is 2. The maximum absolute atomic E-state index is 12.5. The second kappa shape index (κ2) is 8.65. The third-order valence-electron chi connectivity index (χ3n) is 3.64. The van der Waals surface area contributed by atoms with E-state index in [0.29, 0.717) is 5.69 Å². The molecule has 27 heavy (non-hydrogen) atoms. The first-order valence-electron chi connectivity index (χ1n) is 8.13. The molecule has 0 aliphatic rings. The van der Waals surface area contributed by atoms with Gasteiger partial charge in [-0.05, 0) is 35.9 Å². The summed E-state index contributed by atoms with van der Waals surface area (Å²) in [6, 6.07) is 10.8. The van der Waals surface area contributed by atoms with Crippen molar-refractivity contribution >= 4 is 27.5 Å². The van der Waals surface area contributed by atoms with E-state index in [2.05, 4.69) is 10.0 Å². The molecule has 4 N–H and O–H groups in total. The number of hydrogen-bond acceptors (Lipinski definition) is 5. The number of primary amides is 1. The van der Waals surface area contributed by atoms with E-state index in [0.717, 1.165) is 5.56 Å². The average Bonchev–Trinajstić information content (AvgIpc) is 2.62. The Morgan fingerprint density at radius 2 is 1.78 bits per heavy atom. The predicted molar refractivity (Wildman–Crippen MR) is 101 cm³/mol. The summed E-state index contributed by atoms with van der Waals surface area (Å²) in [5.41, 5.74) is 6.53. The first kappa shape index (κ1) is 20.4. The van der Waals surface area contributed by atoms with Gasteiger partial charge in [0, 0.05) is 17.8 Å². The minimum absolute atomic E-state index is 0.109. The topological polar surface area (TPSA) is 128 Å². The zero-order chi connectivity index (χ0) is 20.0. The molecule has 0 aromatic heterocycles. The van der Waals surface area contributed by atoms with Crippen LogP contribution in [-0.2, 0) is 21.2 Å². The van der Waals surface area contributed by atoms with E-state index >= 15 is 0 Å². The van der Waals surface area contributed by atoms with E-state index in [1.54, 1.807) is 31.2 Å². The van der Waals surface area contributed by atoms with Crippen LogP contribution < -0.4 is 20.5 Å². The van der Waals surface area contributed by atoms with Crippen LogP contribution in [0.1, 0.15) is 22.8 Å². The standard InChI is InChI=1S/C18H21N3O5S/c1-3-20-27(24,25)16-11-13(6-9-15(16)26-2)18(23)21-14-7-4-12(5-8-14)10-17(19)22/h4-9,11,20H,3,10H2,1-2H3,(H2,19,22)(H,21,23). The minimum Gasteiger partial charge on any atom is -0.495 e. The van der Waals surface area contributed by atoms with Crippen LogP contribution in [-0.4, -0.2) is 33.9 Å². The summed E-state index contributed by atoms with van der Waals surface area (Å²) in [5, 5.41) is 2.68. The van der Waals surface area contributed by atoms with Crippen molar-refractivity contribution < 1.29 is 22.7 Å². The molecule has 144 valence electrons. The van der Waals surface area contributed by atoms with Gasteiger partial charge in [-0.15, -0.1) is 0 Å². The molecule has 0 radical (unpaired) electrons. The lowest BCUT2D eigenvalue weighted by atomic mass is 10.1. The van der Waals surface area contributed by atoms with Crippen molar-refractivity contribution in [1.82, 2.24) is 4.72 Å². The van der Waals surface area contributed by atoms with E-state index in [-0.39, 0.29) is 29.2 Å². The van der Waals surface area contributed by atoms with Gasteiger partial charge in [-0.3, -0.25) is 9.59 Å². The molecule has 8 nitrogen and oxygen atoms in total. The van der Waals surface area contributed by atoms with Crippen molar-refractivity contribution in [3.63, 3.8) is 0 Å².